The second-order valence-corrected chi connectivity index (χ2v) is 5.78. The van der Waals surface area contributed by atoms with Crippen LogP contribution in [0.2, 0.25) is 0 Å². The van der Waals surface area contributed by atoms with Gasteiger partial charge in [0.05, 0.1) is 5.69 Å². The summed E-state index contributed by atoms with van der Waals surface area (Å²) in [7, 11) is 1.86. The summed E-state index contributed by atoms with van der Waals surface area (Å²) in [6, 6.07) is 18.8. The number of nitrogens with one attached hydrogen (secondary N) is 1. The van der Waals surface area contributed by atoms with Crippen molar-refractivity contribution in [2.75, 3.05) is 6.54 Å². The van der Waals surface area contributed by atoms with Crippen molar-refractivity contribution >= 4 is 5.91 Å². The maximum absolute atomic E-state index is 12.1. The van der Waals surface area contributed by atoms with Crippen LogP contribution in [0.5, 0.6) is 11.6 Å². The number of aryl methyl sites for hydroxylation is 2. The summed E-state index contributed by atoms with van der Waals surface area (Å²) >= 11 is 0. The molecule has 0 saturated carbocycles. The highest BCUT2D eigenvalue weighted by Gasteiger charge is 2.16. The first kappa shape index (κ1) is 16.8. The maximum Gasteiger partial charge on any atom is 0.251 e. The highest BCUT2D eigenvalue weighted by molar-refractivity contribution is 5.94. The predicted octanol–water partition coefficient (Wildman–Crippen LogP) is 3.49. The topological polar surface area (TPSA) is 56.1 Å². The third kappa shape index (κ3) is 4.07. The van der Waals surface area contributed by atoms with Crippen molar-refractivity contribution in [1.29, 1.82) is 0 Å². The molecule has 1 aromatic heterocycles. The van der Waals surface area contributed by atoms with Gasteiger partial charge in [-0.15, -0.1) is 0 Å². The molecule has 0 aliphatic rings. The molecular weight excluding hydrogens is 314 g/mol. The van der Waals surface area contributed by atoms with Gasteiger partial charge >= 0.3 is 0 Å². The predicted molar refractivity (Wildman–Crippen MR) is 96.9 cm³/mol. The molecule has 5 heteroatoms. The summed E-state index contributed by atoms with van der Waals surface area (Å²) in [5.74, 6) is 1.39. The molecule has 0 atom stereocenters. The highest BCUT2D eigenvalue weighted by atomic mass is 16.5. The molecule has 0 spiro atoms. The number of amides is 1. The molecule has 0 aliphatic heterocycles. The van der Waals surface area contributed by atoms with Gasteiger partial charge in [0, 0.05) is 24.7 Å². The van der Waals surface area contributed by atoms with Gasteiger partial charge in [-0.1, -0.05) is 36.4 Å². The van der Waals surface area contributed by atoms with Crippen LogP contribution >= 0.6 is 0 Å². The Morgan fingerprint density at radius 3 is 2.40 bits per heavy atom. The molecule has 0 fully saturated rings. The van der Waals surface area contributed by atoms with Crippen LogP contribution in [-0.2, 0) is 13.5 Å². The van der Waals surface area contributed by atoms with Crippen molar-refractivity contribution in [2.45, 2.75) is 13.3 Å². The number of ether oxygens (including phenoxy) is 1. The van der Waals surface area contributed by atoms with Crippen LogP contribution in [0.4, 0.5) is 0 Å². The lowest BCUT2D eigenvalue weighted by Crippen LogP contribution is -2.25. The summed E-state index contributed by atoms with van der Waals surface area (Å²) in [6.07, 6.45) is 0.653. The van der Waals surface area contributed by atoms with Crippen molar-refractivity contribution in [3.8, 4) is 11.6 Å². The zero-order valence-electron chi connectivity index (χ0n) is 14.4. The minimum absolute atomic E-state index is 0.0762. The monoisotopic (exact) mass is 335 g/mol. The van der Waals surface area contributed by atoms with E-state index < -0.39 is 0 Å². The molecule has 1 amide bonds. The van der Waals surface area contributed by atoms with Gasteiger partial charge in [0.15, 0.2) is 0 Å². The molecule has 1 N–H and O–H groups in total. The number of hydrogen-bond acceptors (Lipinski definition) is 3. The number of aromatic nitrogens is 2. The smallest absolute Gasteiger partial charge is 0.251 e. The third-order valence-electron chi connectivity index (χ3n) is 3.94. The standard InChI is InChI=1S/C20H21N3O2/c1-15-18(13-14-21-19(24)16-9-5-3-6-10-16)20(23(2)22-15)25-17-11-7-4-8-12-17/h3-12H,13-14H2,1-2H3,(H,21,24). The molecule has 0 saturated heterocycles. The van der Waals surface area contributed by atoms with Gasteiger partial charge in [0.2, 0.25) is 5.88 Å². The van der Waals surface area contributed by atoms with Gasteiger partial charge < -0.3 is 10.1 Å². The number of carbonyl (C=O) groups excluding carboxylic acids is 1. The molecule has 128 valence electrons. The average molecular weight is 335 g/mol. The second kappa shape index (κ2) is 7.66. The summed E-state index contributed by atoms with van der Waals surface area (Å²) < 4.78 is 7.72. The van der Waals surface area contributed by atoms with Gasteiger partial charge in [-0.3, -0.25) is 4.79 Å². The molecule has 3 aromatic rings. The van der Waals surface area contributed by atoms with Crippen LogP contribution in [0.25, 0.3) is 0 Å². The Morgan fingerprint density at radius 1 is 1.08 bits per heavy atom. The van der Waals surface area contributed by atoms with Crippen molar-refractivity contribution < 1.29 is 9.53 Å². The fourth-order valence-electron chi connectivity index (χ4n) is 2.69. The SMILES string of the molecule is Cc1nn(C)c(Oc2ccccc2)c1CCNC(=O)c1ccccc1. The van der Waals surface area contributed by atoms with E-state index in [9.17, 15) is 4.79 Å². The van der Waals surface area contributed by atoms with Crippen LogP contribution in [0.3, 0.4) is 0 Å². The first-order valence-electron chi connectivity index (χ1n) is 8.24. The van der Waals surface area contributed by atoms with Gasteiger partial charge in [-0.25, -0.2) is 4.68 Å². The van der Waals surface area contributed by atoms with E-state index in [1.54, 1.807) is 16.8 Å². The lowest BCUT2D eigenvalue weighted by atomic mass is 10.1. The van der Waals surface area contributed by atoms with Crippen molar-refractivity contribution in [3.63, 3.8) is 0 Å². The number of carbonyl (C=O) groups is 1. The van der Waals surface area contributed by atoms with Crippen molar-refractivity contribution in [3.05, 3.63) is 77.5 Å². The Morgan fingerprint density at radius 2 is 1.72 bits per heavy atom. The lowest BCUT2D eigenvalue weighted by molar-refractivity contribution is 0.0954. The second-order valence-electron chi connectivity index (χ2n) is 5.78. The third-order valence-corrected chi connectivity index (χ3v) is 3.94. The lowest BCUT2D eigenvalue weighted by Gasteiger charge is -2.09. The number of nitrogens with zero attached hydrogens (tertiary/aromatic N) is 2. The summed E-state index contributed by atoms with van der Waals surface area (Å²) in [5, 5.41) is 7.39. The van der Waals surface area contributed by atoms with E-state index >= 15 is 0 Å². The molecule has 0 unspecified atom stereocenters. The molecule has 5 nitrogen and oxygen atoms in total. The number of benzene rings is 2. The van der Waals surface area contributed by atoms with Crippen LogP contribution in [0.1, 0.15) is 21.6 Å². The van der Waals surface area contributed by atoms with Crippen LogP contribution in [-0.4, -0.2) is 22.2 Å². The molecule has 1 heterocycles. The zero-order valence-corrected chi connectivity index (χ0v) is 14.4. The molecule has 2 aromatic carbocycles. The van der Waals surface area contributed by atoms with E-state index in [4.69, 9.17) is 4.74 Å². The minimum atomic E-state index is -0.0762. The Labute approximate surface area is 147 Å². The van der Waals surface area contributed by atoms with E-state index in [2.05, 4.69) is 10.4 Å². The molecule has 25 heavy (non-hydrogen) atoms. The highest BCUT2D eigenvalue weighted by Crippen LogP contribution is 2.27. The van der Waals surface area contributed by atoms with Gasteiger partial charge in [-0.05, 0) is 37.6 Å². The molecule has 0 radical (unpaired) electrons. The Kier molecular flexibility index (Phi) is 5.14. The van der Waals surface area contributed by atoms with Gasteiger partial charge in [0.25, 0.3) is 5.91 Å². The van der Waals surface area contributed by atoms with E-state index in [0.29, 0.717) is 24.4 Å². The quantitative estimate of drug-likeness (QED) is 0.750. The Hall–Kier alpha value is -3.08. The van der Waals surface area contributed by atoms with Crippen LogP contribution in [0.15, 0.2) is 60.7 Å². The van der Waals surface area contributed by atoms with Crippen LogP contribution < -0.4 is 10.1 Å². The largest absolute Gasteiger partial charge is 0.439 e. The molecular formula is C20H21N3O2. The first-order chi connectivity index (χ1) is 12.1. The number of rotatable bonds is 6. The van der Waals surface area contributed by atoms with Gasteiger partial charge in [-0.2, -0.15) is 5.10 Å². The van der Waals surface area contributed by atoms with E-state index in [0.717, 1.165) is 17.0 Å². The normalized spacial score (nSPS) is 10.5. The average Bonchev–Trinajstić information content (AvgIpc) is 2.90. The van der Waals surface area contributed by atoms with E-state index in [-0.39, 0.29) is 5.91 Å². The first-order valence-corrected chi connectivity index (χ1v) is 8.24. The summed E-state index contributed by atoms with van der Waals surface area (Å²) in [6.45, 7) is 2.47. The Bertz CT molecular complexity index is 842. The number of hydrogen-bond donors (Lipinski definition) is 1. The zero-order chi connectivity index (χ0) is 17.6. The van der Waals surface area contributed by atoms with Crippen molar-refractivity contribution in [2.24, 2.45) is 7.05 Å². The van der Waals surface area contributed by atoms with Gasteiger partial charge in [0.1, 0.15) is 5.75 Å². The van der Waals surface area contributed by atoms with Crippen molar-refractivity contribution in [1.82, 2.24) is 15.1 Å². The number of para-hydroxylation sites is 1. The van der Waals surface area contributed by atoms with E-state index in [1.165, 1.54) is 0 Å². The summed E-state index contributed by atoms with van der Waals surface area (Å²) in [4.78, 5) is 12.1. The molecule has 3 rings (SSSR count). The molecule has 0 aliphatic carbocycles. The summed E-state index contributed by atoms with van der Waals surface area (Å²) in [5.41, 5.74) is 2.56. The fraction of sp³-hybridized carbons (Fsp3) is 0.200. The molecule has 0 bridgehead atoms. The minimum Gasteiger partial charge on any atom is -0.439 e. The maximum atomic E-state index is 12.1. The Balaban J connectivity index is 1.67. The van der Waals surface area contributed by atoms with E-state index in [1.807, 2.05) is 62.5 Å². The van der Waals surface area contributed by atoms with Crippen LogP contribution in [0, 0.1) is 6.92 Å². The fourth-order valence-corrected chi connectivity index (χ4v) is 2.69.